The molecule has 3 N–H and O–H groups in total. The normalized spacial score (nSPS) is 14.9. The lowest BCUT2D eigenvalue weighted by Crippen LogP contribution is -2.44. The summed E-state index contributed by atoms with van der Waals surface area (Å²) in [7, 11) is 1.89. The van der Waals surface area contributed by atoms with Crippen LogP contribution in [0.3, 0.4) is 0 Å². The van der Waals surface area contributed by atoms with Gasteiger partial charge in [0.05, 0.1) is 49.4 Å². The highest BCUT2D eigenvalue weighted by molar-refractivity contribution is 5.86. The lowest BCUT2D eigenvalue weighted by atomic mass is 10.2. The van der Waals surface area contributed by atoms with E-state index in [1.165, 1.54) is 18.5 Å². The highest BCUT2D eigenvalue weighted by Crippen LogP contribution is 2.29. The van der Waals surface area contributed by atoms with Crippen molar-refractivity contribution in [2.24, 2.45) is 0 Å². The Balaban J connectivity index is 0.000000274. The van der Waals surface area contributed by atoms with E-state index in [9.17, 15) is 9.18 Å². The molecule has 1 atom stereocenters. The Morgan fingerprint density at radius 3 is 2.92 bits per heavy atom. The van der Waals surface area contributed by atoms with E-state index in [2.05, 4.69) is 35.9 Å². The van der Waals surface area contributed by atoms with E-state index in [0.717, 1.165) is 57.9 Å². The number of halogens is 1. The van der Waals surface area contributed by atoms with Crippen LogP contribution in [0.5, 0.6) is 0 Å². The average Bonchev–Trinajstić information content (AvgIpc) is 3.53. The van der Waals surface area contributed by atoms with E-state index < -0.39 is 0 Å². The zero-order valence-electron chi connectivity index (χ0n) is 22.3. The Morgan fingerprint density at radius 2 is 2.15 bits per heavy atom. The number of morpholine rings is 1. The van der Waals surface area contributed by atoms with Crippen molar-refractivity contribution in [3.8, 4) is 0 Å². The highest BCUT2D eigenvalue weighted by atomic mass is 19.1. The maximum Gasteiger partial charge on any atom is 0.293 e. The van der Waals surface area contributed by atoms with Crippen molar-refractivity contribution < 1.29 is 18.7 Å². The second-order valence-corrected chi connectivity index (χ2v) is 9.31. The maximum atomic E-state index is 13.5. The Bertz CT molecular complexity index is 1600. The standard InChI is InChI=1S/C22H20FN7.C6H11NO3/c1-14-19(24-2)12-30-21(14)22(25-13-27-30)28-18-6-7-20-16(9-18)10-26-29(20)11-15-4-3-5-17(23)8-15;8-5-10-4-6-3-9-2-1-7-6/h3-10,12-13,24H,11H2,1-2H3,(H,25,27,28);5-7H,1-4H2. The molecule has 0 spiro atoms. The van der Waals surface area contributed by atoms with Gasteiger partial charge in [0.15, 0.2) is 5.82 Å². The largest absolute Gasteiger partial charge is 0.466 e. The molecule has 0 saturated carbocycles. The summed E-state index contributed by atoms with van der Waals surface area (Å²) in [5, 5.41) is 19.5. The lowest BCUT2D eigenvalue weighted by molar-refractivity contribution is -0.130. The molecule has 1 aliphatic rings. The number of hydrogen-bond donors (Lipinski definition) is 3. The minimum Gasteiger partial charge on any atom is -0.466 e. The minimum atomic E-state index is -0.242. The number of fused-ring (bicyclic) bond motifs is 2. The van der Waals surface area contributed by atoms with Gasteiger partial charge in [0.2, 0.25) is 0 Å². The van der Waals surface area contributed by atoms with Crippen LogP contribution in [0.25, 0.3) is 16.4 Å². The van der Waals surface area contributed by atoms with Crippen molar-refractivity contribution in [1.82, 2.24) is 29.7 Å². The molecule has 5 aromatic rings. The molecule has 0 bridgehead atoms. The third-order valence-electron chi connectivity index (χ3n) is 6.59. The van der Waals surface area contributed by atoms with Crippen molar-refractivity contribution in [3.05, 3.63) is 78.1 Å². The van der Waals surface area contributed by atoms with Crippen LogP contribution in [-0.4, -0.2) is 70.3 Å². The number of carbonyl (C=O) groups excluding carboxylic acids is 1. The lowest BCUT2D eigenvalue weighted by Gasteiger charge is -2.22. The van der Waals surface area contributed by atoms with Gasteiger partial charge < -0.3 is 25.4 Å². The highest BCUT2D eigenvalue weighted by Gasteiger charge is 2.14. The Labute approximate surface area is 230 Å². The number of rotatable bonds is 8. The number of carbonyl (C=O) groups is 1. The van der Waals surface area contributed by atoms with E-state index in [1.807, 2.05) is 59.8 Å². The minimum absolute atomic E-state index is 0.180. The van der Waals surface area contributed by atoms with E-state index in [-0.39, 0.29) is 11.9 Å². The molecule has 1 saturated heterocycles. The molecule has 1 unspecified atom stereocenters. The molecule has 208 valence electrons. The first-order valence-corrected chi connectivity index (χ1v) is 12.9. The number of aryl methyl sites for hydroxylation is 1. The van der Waals surface area contributed by atoms with Crippen LogP contribution in [-0.2, 0) is 20.8 Å². The molecule has 1 fully saturated rings. The SMILES string of the molecule is CNc1cn2ncnc(Nc3ccc4c(cnn4Cc4cccc(F)c4)c3)c2c1C.O=COCC1COCCN1. The Morgan fingerprint density at radius 1 is 1.25 bits per heavy atom. The molecular weight excluding hydrogens is 515 g/mol. The molecule has 40 heavy (non-hydrogen) atoms. The number of hydrogen-bond acceptors (Lipinski definition) is 9. The van der Waals surface area contributed by atoms with Crippen LogP contribution < -0.4 is 16.0 Å². The summed E-state index contributed by atoms with van der Waals surface area (Å²) in [4.78, 5) is 14.2. The summed E-state index contributed by atoms with van der Waals surface area (Å²) in [6.45, 7) is 5.63. The van der Waals surface area contributed by atoms with Crippen LogP contribution in [0.15, 0.2) is 61.2 Å². The smallest absolute Gasteiger partial charge is 0.293 e. The van der Waals surface area contributed by atoms with Crippen LogP contribution in [0.4, 0.5) is 21.6 Å². The van der Waals surface area contributed by atoms with Gasteiger partial charge >= 0.3 is 0 Å². The van der Waals surface area contributed by atoms with Gasteiger partial charge in [0, 0.05) is 30.2 Å². The van der Waals surface area contributed by atoms with Crippen molar-refractivity contribution in [2.75, 3.05) is 44.0 Å². The molecule has 0 aliphatic carbocycles. The van der Waals surface area contributed by atoms with Gasteiger partial charge in [-0.2, -0.15) is 10.2 Å². The van der Waals surface area contributed by atoms with Crippen molar-refractivity contribution in [3.63, 3.8) is 0 Å². The van der Waals surface area contributed by atoms with E-state index in [0.29, 0.717) is 26.2 Å². The summed E-state index contributed by atoms with van der Waals surface area (Å²) in [5.74, 6) is 0.490. The predicted octanol–water partition coefficient (Wildman–Crippen LogP) is 3.51. The van der Waals surface area contributed by atoms with Crippen molar-refractivity contribution in [1.29, 1.82) is 0 Å². The second kappa shape index (κ2) is 12.5. The average molecular weight is 547 g/mol. The zero-order chi connectivity index (χ0) is 27.9. The number of nitrogens with one attached hydrogen (secondary N) is 3. The van der Waals surface area contributed by atoms with Gasteiger partial charge in [-0.15, -0.1) is 0 Å². The second-order valence-electron chi connectivity index (χ2n) is 9.31. The van der Waals surface area contributed by atoms with Crippen LogP contribution in [0.2, 0.25) is 0 Å². The molecule has 11 nitrogen and oxygen atoms in total. The van der Waals surface area contributed by atoms with Crippen LogP contribution >= 0.6 is 0 Å². The van der Waals surface area contributed by atoms with E-state index in [4.69, 9.17) is 4.74 Å². The summed E-state index contributed by atoms with van der Waals surface area (Å²) in [6.07, 6.45) is 5.29. The molecule has 2 aromatic carbocycles. The summed E-state index contributed by atoms with van der Waals surface area (Å²) >= 11 is 0. The first-order valence-electron chi connectivity index (χ1n) is 12.9. The van der Waals surface area contributed by atoms with Crippen molar-refractivity contribution >= 4 is 40.1 Å². The van der Waals surface area contributed by atoms with Gasteiger partial charge in [0.25, 0.3) is 6.47 Å². The fourth-order valence-electron chi connectivity index (χ4n) is 4.62. The van der Waals surface area contributed by atoms with Gasteiger partial charge in [-0.25, -0.2) is 13.9 Å². The Kier molecular flexibility index (Phi) is 8.47. The molecule has 3 aromatic heterocycles. The van der Waals surface area contributed by atoms with E-state index >= 15 is 0 Å². The fourth-order valence-corrected chi connectivity index (χ4v) is 4.62. The molecule has 1 aliphatic heterocycles. The Hall–Kier alpha value is -4.55. The summed E-state index contributed by atoms with van der Waals surface area (Å²) in [6, 6.07) is 12.8. The molecule has 0 amide bonds. The fraction of sp³-hybridized carbons (Fsp3) is 0.286. The first kappa shape index (κ1) is 27.0. The quantitative estimate of drug-likeness (QED) is 0.251. The molecular formula is C28H31FN8O3. The number of aromatic nitrogens is 5. The third-order valence-corrected chi connectivity index (χ3v) is 6.59. The molecule has 4 heterocycles. The number of benzene rings is 2. The maximum absolute atomic E-state index is 13.5. The van der Waals surface area contributed by atoms with Crippen molar-refractivity contribution in [2.45, 2.75) is 19.5 Å². The zero-order valence-corrected chi connectivity index (χ0v) is 22.3. The molecule has 0 radical (unpaired) electrons. The predicted molar refractivity (Wildman–Crippen MR) is 150 cm³/mol. The van der Waals surface area contributed by atoms with Gasteiger partial charge in [0.1, 0.15) is 24.3 Å². The monoisotopic (exact) mass is 546 g/mol. The topological polar surface area (TPSA) is 120 Å². The van der Waals surface area contributed by atoms with Crippen LogP contribution in [0, 0.1) is 12.7 Å². The van der Waals surface area contributed by atoms with E-state index in [1.54, 1.807) is 6.07 Å². The third kappa shape index (κ3) is 6.19. The van der Waals surface area contributed by atoms with Crippen LogP contribution in [0.1, 0.15) is 11.1 Å². The number of anilines is 3. The van der Waals surface area contributed by atoms with Gasteiger partial charge in [-0.3, -0.25) is 9.48 Å². The number of ether oxygens (including phenoxy) is 2. The molecule has 6 rings (SSSR count). The first-order chi connectivity index (χ1) is 19.6. The van der Waals surface area contributed by atoms with Gasteiger partial charge in [-0.1, -0.05) is 12.1 Å². The molecule has 12 heteroatoms. The number of nitrogens with zero attached hydrogens (tertiary/aromatic N) is 5. The van der Waals surface area contributed by atoms with Gasteiger partial charge in [-0.05, 0) is 42.8 Å². The summed E-state index contributed by atoms with van der Waals surface area (Å²) in [5.41, 5.74) is 5.75. The summed E-state index contributed by atoms with van der Waals surface area (Å²) < 4.78 is 26.8.